The smallest absolute Gasteiger partial charge is 0.209 e. The Morgan fingerprint density at radius 1 is 0.833 bits per heavy atom. The van der Waals surface area contributed by atoms with Gasteiger partial charge < -0.3 is 4.57 Å². The largest absolute Gasteiger partial charge is 0.343 e. The zero-order valence-electron chi connectivity index (χ0n) is 21.7. The van der Waals surface area contributed by atoms with Gasteiger partial charge in [0.25, 0.3) is 0 Å². The van der Waals surface area contributed by atoms with E-state index in [1.807, 2.05) is 54.0 Å². The Hall–Kier alpha value is -0.402. The van der Waals surface area contributed by atoms with Crippen LogP contribution in [0.3, 0.4) is 0 Å². The molecule has 36 heavy (non-hydrogen) atoms. The van der Waals surface area contributed by atoms with Crippen LogP contribution < -0.4 is 0 Å². The molecule has 4 heteroatoms. The summed E-state index contributed by atoms with van der Waals surface area (Å²) in [5.41, 5.74) is 8.82. The van der Waals surface area contributed by atoms with E-state index < -0.39 is 0 Å². The van der Waals surface area contributed by atoms with E-state index in [1.54, 1.807) is 11.1 Å². The molecule has 0 bridgehead atoms. The summed E-state index contributed by atoms with van der Waals surface area (Å²) in [6.07, 6.45) is 8.30. The van der Waals surface area contributed by atoms with E-state index >= 15 is 0 Å². The van der Waals surface area contributed by atoms with Gasteiger partial charge in [0, 0.05) is 83.2 Å². The minimum absolute atomic E-state index is 0. The molecule has 2 nitrogen and oxygen atoms in total. The SMILES string of the molecule is C.C.CCc1cc(C2CCCCC2)c(C)cc1C.CCn1c(C)ccc1C(=O)c1ccccc1.[Y].[Y]. The van der Waals surface area contributed by atoms with Crippen molar-refractivity contribution < 1.29 is 70.2 Å². The second kappa shape index (κ2) is 18.8. The third kappa shape index (κ3) is 9.72. The zero-order chi connectivity index (χ0) is 23.1. The first-order valence-corrected chi connectivity index (χ1v) is 12.3. The molecule has 1 heterocycles. The molecule has 0 amide bonds. The van der Waals surface area contributed by atoms with Crippen LogP contribution in [0.1, 0.15) is 111 Å². The number of hydrogen-bond acceptors (Lipinski definition) is 1. The summed E-state index contributed by atoms with van der Waals surface area (Å²) in [5.74, 6) is 0.940. The van der Waals surface area contributed by atoms with Crippen molar-refractivity contribution in [2.75, 3.05) is 0 Å². The number of benzene rings is 2. The third-order valence-electron chi connectivity index (χ3n) is 6.93. The number of hydrogen-bond donors (Lipinski definition) is 0. The Bertz CT molecular complexity index is 1030. The summed E-state index contributed by atoms with van der Waals surface area (Å²) in [6, 6.07) is 18.2. The van der Waals surface area contributed by atoms with Crippen molar-refractivity contribution in [1.82, 2.24) is 4.57 Å². The van der Waals surface area contributed by atoms with Gasteiger partial charge in [0.2, 0.25) is 5.78 Å². The number of aryl methyl sites for hydroxylation is 4. The molecule has 0 unspecified atom stereocenters. The summed E-state index contributed by atoms with van der Waals surface area (Å²) >= 11 is 0. The number of rotatable bonds is 5. The molecule has 0 spiro atoms. The predicted octanol–water partition coefficient (Wildman–Crippen LogP) is 9.23. The van der Waals surface area contributed by atoms with Crippen LogP contribution >= 0.6 is 0 Å². The van der Waals surface area contributed by atoms with Crippen molar-refractivity contribution in [3.63, 3.8) is 0 Å². The second-order valence-corrected chi connectivity index (χ2v) is 9.12. The van der Waals surface area contributed by atoms with Crippen LogP contribution in [-0.4, -0.2) is 10.4 Å². The number of nitrogens with zero attached hydrogens (tertiary/aromatic N) is 1. The molecule has 2 radical (unpaired) electrons. The first kappa shape index (κ1) is 37.7. The molecular weight excluding hydrogens is 592 g/mol. The molecule has 1 saturated carbocycles. The molecule has 1 aromatic heterocycles. The maximum atomic E-state index is 12.2. The van der Waals surface area contributed by atoms with Gasteiger partial charge in [0.1, 0.15) is 0 Å². The van der Waals surface area contributed by atoms with Crippen LogP contribution in [-0.2, 0) is 78.4 Å². The average molecular weight is 640 g/mol. The molecule has 192 valence electrons. The molecule has 0 atom stereocenters. The molecule has 1 fully saturated rings. The minimum Gasteiger partial charge on any atom is -0.343 e. The molecule has 2 aromatic carbocycles. The third-order valence-corrected chi connectivity index (χ3v) is 6.93. The standard InChI is InChI=1S/C16H24.C14H15NO.2CH4.2Y/c1-4-14-11-16(13(3)10-12(14)2)15-8-6-5-7-9-15;1-3-15-11(2)9-10-13(15)14(16)12-7-5-4-6-8-12;;;;/h10-11,15H,4-9H2,1-3H3;4-10H,3H2,1-2H3;2*1H4;;. The molecule has 1 aliphatic rings. The van der Waals surface area contributed by atoms with Gasteiger partial charge in [0.15, 0.2) is 0 Å². The molecule has 0 saturated heterocycles. The van der Waals surface area contributed by atoms with Crippen LogP contribution in [0.15, 0.2) is 54.6 Å². The zero-order valence-corrected chi connectivity index (χ0v) is 27.4. The molecule has 1 aliphatic carbocycles. The molecule has 4 rings (SSSR count). The van der Waals surface area contributed by atoms with Gasteiger partial charge in [-0.15, -0.1) is 0 Å². The number of carbonyl (C=O) groups excluding carboxylic acids is 1. The quantitative estimate of drug-likeness (QED) is 0.255. The van der Waals surface area contributed by atoms with Gasteiger partial charge in [-0.3, -0.25) is 4.79 Å². The van der Waals surface area contributed by atoms with Gasteiger partial charge >= 0.3 is 0 Å². The van der Waals surface area contributed by atoms with Crippen molar-refractivity contribution in [1.29, 1.82) is 0 Å². The van der Waals surface area contributed by atoms with Crippen molar-refractivity contribution in [3.8, 4) is 0 Å². The number of aromatic nitrogens is 1. The van der Waals surface area contributed by atoms with Gasteiger partial charge in [-0.1, -0.05) is 83.5 Å². The second-order valence-electron chi connectivity index (χ2n) is 9.12. The number of carbonyl (C=O) groups is 1. The summed E-state index contributed by atoms with van der Waals surface area (Å²) in [7, 11) is 0. The molecule has 0 aliphatic heterocycles. The normalized spacial score (nSPS) is 12.5. The van der Waals surface area contributed by atoms with Crippen molar-refractivity contribution >= 4 is 5.78 Å². The van der Waals surface area contributed by atoms with Crippen LogP contribution in [0.25, 0.3) is 0 Å². The van der Waals surface area contributed by atoms with E-state index in [9.17, 15) is 4.79 Å². The Morgan fingerprint density at radius 3 is 2.00 bits per heavy atom. The maximum absolute atomic E-state index is 12.2. The van der Waals surface area contributed by atoms with E-state index in [0.29, 0.717) is 0 Å². The van der Waals surface area contributed by atoms with E-state index in [0.717, 1.165) is 29.4 Å². The average Bonchev–Trinajstić information content (AvgIpc) is 3.20. The van der Waals surface area contributed by atoms with Crippen molar-refractivity contribution in [2.24, 2.45) is 0 Å². The van der Waals surface area contributed by atoms with E-state index in [4.69, 9.17) is 0 Å². The monoisotopic (exact) mass is 639 g/mol. The van der Waals surface area contributed by atoms with Crippen LogP contribution in [0.2, 0.25) is 0 Å². The first-order valence-electron chi connectivity index (χ1n) is 12.3. The minimum atomic E-state index is 0. The van der Waals surface area contributed by atoms with Gasteiger partial charge in [-0.05, 0) is 87.3 Å². The van der Waals surface area contributed by atoms with Gasteiger partial charge in [-0.2, -0.15) is 0 Å². The first-order chi connectivity index (χ1) is 15.5. The van der Waals surface area contributed by atoms with E-state index in [1.165, 1.54) is 49.7 Å². The summed E-state index contributed by atoms with van der Waals surface area (Å²) in [6.45, 7) is 11.7. The Morgan fingerprint density at radius 2 is 1.44 bits per heavy atom. The predicted molar refractivity (Wildman–Crippen MR) is 149 cm³/mol. The molecule has 3 aromatic rings. The van der Waals surface area contributed by atoms with E-state index in [2.05, 4.69) is 39.8 Å². The van der Waals surface area contributed by atoms with Crippen LogP contribution in [0.5, 0.6) is 0 Å². The Labute approximate surface area is 272 Å². The molecular formula is C32H47NOY2. The number of ketones is 1. The Kier molecular flexibility index (Phi) is 19.7. The fourth-order valence-corrected chi connectivity index (χ4v) is 5.08. The fraction of sp³-hybridized carbons (Fsp3) is 0.469. The van der Waals surface area contributed by atoms with Crippen molar-refractivity contribution in [3.05, 3.63) is 93.8 Å². The summed E-state index contributed by atoms with van der Waals surface area (Å²) in [4.78, 5) is 12.2. The van der Waals surface area contributed by atoms with Crippen LogP contribution in [0, 0.1) is 20.8 Å². The summed E-state index contributed by atoms with van der Waals surface area (Å²) in [5, 5.41) is 0. The van der Waals surface area contributed by atoms with Crippen LogP contribution in [0.4, 0.5) is 0 Å². The topological polar surface area (TPSA) is 22.0 Å². The van der Waals surface area contributed by atoms with E-state index in [-0.39, 0.29) is 86.1 Å². The van der Waals surface area contributed by atoms with Crippen molar-refractivity contribution in [2.45, 2.75) is 100 Å². The fourth-order valence-electron chi connectivity index (χ4n) is 5.08. The van der Waals surface area contributed by atoms with Gasteiger partial charge in [0.05, 0.1) is 5.69 Å². The maximum Gasteiger partial charge on any atom is 0.209 e. The summed E-state index contributed by atoms with van der Waals surface area (Å²) < 4.78 is 2.04. The molecule has 0 N–H and O–H groups in total. The van der Waals surface area contributed by atoms with Gasteiger partial charge in [-0.25, -0.2) is 0 Å². The Balaban J connectivity index is 0.